The summed E-state index contributed by atoms with van der Waals surface area (Å²) in [4.78, 5) is 10.2. The lowest BCUT2D eigenvalue weighted by atomic mass is 10.2. The molecule has 0 heterocycles. The normalized spacial score (nSPS) is 9.54. The number of hydrogen-bond donors (Lipinski definition) is 3. The van der Waals surface area contributed by atoms with Crippen LogP contribution in [0.15, 0.2) is 24.3 Å². The predicted octanol–water partition coefficient (Wildman–Crippen LogP) is 1.16. The lowest BCUT2D eigenvalue weighted by molar-refractivity contribution is -0.136. The summed E-state index contributed by atoms with van der Waals surface area (Å²) in [6.07, 6.45) is 0.0916. The molecule has 0 amide bonds. The van der Waals surface area contributed by atoms with Crippen LogP contribution in [0.3, 0.4) is 0 Å². The van der Waals surface area contributed by atoms with Gasteiger partial charge in [-0.1, -0.05) is 12.1 Å². The van der Waals surface area contributed by atoms with Crippen molar-refractivity contribution in [2.45, 2.75) is 6.42 Å². The number of benzene rings is 1. The van der Waals surface area contributed by atoms with E-state index >= 15 is 0 Å². The minimum atomic E-state index is -0.818. The van der Waals surface area contributed by atoms with Crippen molar-refractivity contribution in [1.29, 1.82) is 0 Å². The average Bonchev–Trinajstić information content (AvgIpc) is 2.08. The van der Waals surface area contributed by atoms with Crippen LogP contribution in [-0.4, -0.2) is 17.6 Å². The van der Waals surface area contributed by atoms with Crippen LogP contribution in [0.25, 0.3) is 0 Å². The van der Waals surface area contributed by atoms with Gasteiger partial charge in [0.2, 0.25) is 0 Å². The summed E-state index contributed by atoms with van der Waals surface area (Å²) in [6.45, 7) is 0.392. The van der Waals surface area contributed by atoms with Crippen LogP contribution in [0.5, 0.6) is 0 Å². The lowest BCUT2D eigenvalue weighted by Crippen LogP contribution is -2.08. The van der Waals surface area contributed by atoms with Crippen molar-refractivity contribution < 1.29 is 9.90 Å². The standard InChI is InChI=1S/C9H12N2O2/c10-7-3-1-2-4-8(7)11-6-5-9(12)13/h1-4,11H,5-6,10H2,(H,12,13). The molecule has 0 aliphatic carbocycles. The molecule has 0 saturated carbocycles. The first-order valence-electron chi connectivity index (χ1n) is 4.00. The number of nitrogen functional groups attached to an aromatic ring is 1. The fraction of sp³-hybridized carbons (Fsp3) is 0.222. The maximum Gasteiger partial charge on any atom is 0.305 e. The zero-order valence-corrected chi connectivity index (χ0v) is 7.16. The van der Waals surface area contributed by atoms with Gasteiger partial charge in [-0.2, -0.15) is 0 Å². The molecule has 13 heavy (non-hydrogen) atoms. The molecule has 0 aliphatic heterocycles. The maximum absolute atomic E-state index is 10.2. The highest BCUT2D eigenvalue weighted by atomic mass is 16.4. The number of carbonyl (C=O) groups is 1. The van der Waals surface area contributed by atoms with Crippen molar-refractivity contribution in [3.05, 3.63) is 24.3 Å². The second-order valence-electron chi connectivity index (χ2n) is 2.66. The van der Waals surface area contributed by atoms with Gasteiger partial charge >= 0.3 is 5.97 Å². The minimum Gasteiger partial charge on any atom is -0.481 e. The molecule has 0 spiro atoms. The van der Waals surface area contributed by atoms with Gasteiger partial charge in [-0.15, -0.1) is 0 Å². The number of hydrogen-bond acceptors (Lipinski definition) is 3. The largest absolute Gasteiger partial charge is 0.481 e. The van der Waals surface area contributed by atoms with E-state index < -0.39 is 5.97 Å². The highest BCUT2D eigenvalue weighted by Crippen LogP contribution is 2.16. The predicted molar refractivity (Wildman–Crippen MR) is 51.6 cm³/mol. The molecule has 0 unspecified atom stereocenters. The summed E-state index contributed by atoms with van der Waals surface area (Å²) in [6, 6.07) is 7.26. The summed E-state index contributed by atoms with van der Waals surface area (Å²) in [5.41, 5.74) is 7.04. The number of carboxylic acids is 1. The van der Waals surface area contributed by atoms with Crippen molar-refractivity contribution in [2.24, 2.45) is 0 Å². The molecule has 0 fully saturated rings. The Morgan fingerprint density at radius 2 is 2.15 bits per heavy atom. The quantitative estimate of drug-likeness (QED) is 0.608. The molecule has 1 aromatic rings. The second kappa shape index (κ2) is 4.35. The maximum atomic E-state index is 10.2. The van der Waals surface area contributed by atoms with E-state index in [4.69, 9.17) is 10.8 Å². The van der Waals surface area contributed by atoms with E-state index in [2.05, 4.69) is 5.32 Å². The van der Waals surface area contributed by atoms with Crippen molar-refractivity contribution in [2.75, 3.05) is 17.6 Å². The van der Waals surface area contributed by atoms with Gasteiger partial charge in [0.15, 0.2) is 0 Å². The van der Waals surface area contributed by atoms with E-state index in [1.54, 1.807) is 6.07 Å². The first-order chi connectivity index (χ1) is 6.20. The second-order valence-corrected chi connectivity index (χ2v) is 2.66. The number of nitrogens with two attached hydrogens (primary N) is 1. The van der Waals surface area contributed by atoms with Crippen molar-refractivity contribution in [3.8, 4) is 0 Å². The van der Waals surface area contributed by atoms with Gasteiger partial charge in [0.1, 0.15) is 0 Å². The van der Waals surface area contributed by atoms with E-state index in [1.165, 1.54) is 0 Å². The smallest absolute Gasteiger partial charge is 0.305 e. The number of anilines is 2. The third kappa shape index (κ3) is 3.02. The Morgan fingerprint density at radius 3 is 2.77 bits per heavy atom. The SMILES string of the molecule is Nc1ccccc1NCCC(=O)O. The van der Waals surface area contributed by atoms with E-state index in [-0.39, 0.29) is 6.42 Å². The van der Waals surface area contributed by atoms with Crippen LogP contribution in [0, 0.1) is 0 Å². The Hall–Kier alpha value is -1.71. The Balaban J connectivity index is 2.45. The molecule has 0 aliphatic rings. The van der Waals surface area contributed by atoms with Gasteiger partial charge in [-0.05, 0) is 12.1 Å². The van der Waals surface area contributed by atoms with Crippen LogP contribution in [0.4, 0.5) is 11.4 Å². The fourth-order valence-electron chi connectivity index (χ4n) is 0.962. The molecule has 0 saturated heterocycles. The van der Waals surface area contributed by atoms with Crippen LogP contribution in [-0.2, 0) is 4.79 Å². The minimum absolute atomic E-state index is 0.0916. The molecule has 0 bridgehead atoms. The average molecular weight is 180 g/mol. The van der Waals surface area contributed by atoms with Gasteiger partial charge in [-0.3, -0.25) is 4.79 Å². The first-order valence-corrected chi connectivity index (χ1v) is 4.00. The van der Waals surface area contributed by atoms with Gasteiger partial charge in [0.05, 0.1) is 17.8 Å². The number of rotatable bonds is 4. The van der Waals surface area contributed by atoms with Crippen LogP contribution in [0.2, 0.25) is 0 Å². The molecule has 70 valence electrons. The molecular formula is C9H12N2O2. The Labute approximate surface area is 76.4 Å². The third-order valence-corrected chi connectivity index (χ3v) is 1.62. The van der Waals surface area contributed by atoms with E-state index in [0.717, 1.165) is 5.69 Å². The monoisotopic (exact) mass is 180 g/mol. The van der Waals surface area contributed by atoms with Gasteiger partial charge < -0.3 is 16.2 Å². The van der Waals surface area contributed by atoms with Crippen LogP contribution < -0.4 is 11.1 Å². The van der Waals surface area contributed by atoms with Crippen molar-refractivity contribution in [1.82, 2.24) is 0 Å². The Bertz CT molecular complexity index is 299. The van der Waals surface area contributed by atoms with E-state index in [9.17, 15) is 4.79 Å². The fourth-order valence-corrected chi connectivity index (χ4v) is 0.962. The number of para-hydroxylation sites is 2. The number of aliphatic carboxylic acids is 1. The highest BCUT2D eigenvalue weighted by molar-refractivity contribution is 5.69. The molecule has 4 heteroatoms. The molecule has 1 aromatic carbocycles. The molecule has 0 aromatic heterocycles. The van der Waals surface area contributed by atoms with Gasteiger partial charge in [0, 0.05) is 6.54 Å². The van der Waals surface area contributed by atoms with Crippen molar-refractivity contribution >= 4 is 17.3 Å². The zero-order chi connectivity index (χ0) is 9.68. The first kappa shape index (κ1) is 9.38. The summed E-state index contributed by atoms with van der Waals surface area (Å²) in [7, 11) is 0. The van der Waals surface area contributed by atoms with E-state index in [0.29, 0.717) is 12.2 Å². The van der Waals surface area contributed by atoms with Gasteiger partial charge in [-0.25, -0.2) is 0 Å². The summed E-state index contributed by atoms with van der Waals surface area (Å²) < 4.78 is 0. The molecule has 4 nitrogen and oxygen atoms in total. The molecule has 0 radical (unpaired) electrons. The lowest BCUT2D eigenvalue weighted by Gasteiger charge is -2.06. The highest BCUT2D eigenvalue weighted by Gasteiger charge is 1.98. The van der Waals surface area contributed by atoms with Crippen molar-refractivity contribution in [3.63, 3.8) is 0 Å². The third-order valence-electron chi connectivity index (χ3n) is 1.62. The Kier molecular flexibility index (Phi) is 3.14. The Morgan fingerprint density at radius 1 is 1.46 bits per heavy atom. The summed E-state index contributed by atoms with van der Waals surface area (Å²) >= 11 is 0. The number of carboxylic acid groups (broad SMARTS) is 1. The number of nitrogens with one attached hydrogen (secondary N) is 1. The van der Waals surface area contributed by atoms with Crippen LogP contribution >= 0.6 is 0 Å². The van der Waals surface area contributed by atoms with E-state index in [1.807, 2.05) is 18.2 Å². The van der Waals surface area contributed by atoms with Crippen LogP contribution in [0.1, 0.15) is 6.42 Å². The molecule has 4 N–H and O–H groups in total. The molecule has 0 atom stereocenters. The molecule has 1 rings (SSSR count). The topological polar surface area (TPSA) is 75.3 Å². The van der Waals surface area contributed by atoms with Gasteiger partial charge in [0.25, 0.3) is 0 Å². The summed E-state index contributed by atoms with van der Waals surface area (Å²) in [5.74, 6) is -0.818. The summed E-state index contributed by atoms with van der Waals surface area (Å²) in [5, 5.41) is 11.3. The molecular weight excluding hydrogens is 168 g/mol. The zero-order valence-electron chi connectivity index (χ0n) is 7.16.